The largest absolute Gasteiger partial charge is 0.335 e. The summed E-state index contributed by atoms with van der Waals surface area (Å²) in [5, 5.41) is 3.63. The molecular weight excluding hydrogens is 446 g/mol. The molecule has 3 aromatic rings. The predicted octanol–water partition coefficient (Wildman–Crippen LogP) is 5.05. The lowest BCUT2D eigenvalue weighted by atomic mass is 9.97. The van der Waals surface area contributed by atoms with Gasteiger partial charge in [-0.15, -0.1) is 22.7 Å². The van der Waals surface area contributed by atoms with Crippen molar-refractivity contribution < 1.29 is 4.79 Å². The third-order valence-electron chi connectivity index (χ3n) is 6.48. The summed E-state index contributed by atoms with van der Waals surface area (Å²) < 4.78 is 1.76. The van der Waals surface area contributed by atoms with Gasteiger partial charge >= 0.3 is 0 Å². The molecule has 0 aromatic carbocycles. The van der Waals surface area contributed by atoms with Gasteiger partial charge in [-0.05, 0) is 68.0 Å². The molecule has 0 N–H and O–H groups in total. The minimum Gasteiger partial charge on any atom is -0.335 e. The molecule has 1 atom stereocenters. The lowest BCUT2D eigenvalue weighted by Gasteiger charge is -2.35. The molecule has 4 heterocycles. The van der Waals surface area contributed by atoms with Gasteiger partial charge in [0.05, 0.1) is 17.2 Å². The van der Waals surface area contributed by atoms with Crippen LogP contribution in [0.4, 0.5) is 0 Å². The molecule has 164 valence electrons. The van der Waals surface area contributed by atoms with Crippen LogP contribution in [0, 0.1) is 0 Å². The van der Waals surface area contributed by atoms with E-state index in [0.29, 0.717) is 17.5 Å². The van der Waals surface area contributed by atoms with E-state index in [0.717, 1.165) is 48.9 Å². The van der Waals surface area contributed by atoms with E-state index in [2.05, 4.69) is 18.4 Å². The van der Waals surface area contributed by atoms with E-state index in [9.17, 15) is 9.59 Å². The van der Waals surface area contributed by atoms with Crippen molar-refractivity contribution in [3.63, 3.8) is 0 Å². The minimum absolute atomic E-state index is 0.0640. The first-order valence-corrected chi connectivity index (χ1v) is 13.8. The summed E-state index contributed by atoms with van der Waals surface area (Å²) >= 11 is 4.89. The number of thiophene rings is 2. The van der Waals surface area contributed by atoms with Crippen LogP contribution in [-0.4, -0.2) is 32.7 Å². The van der Waals surface area contributed by atoms with Crippen molar-refractivity contribution in [1.82, 2.24) is 14.5 Å². The summed E-state index contributed by atoms with van der Waals surface area (Å²) in [4.78, 5) is 37.0. The molecule has 5 nitrogen and oxygen atoms in total. The van der Waals surface area contributed by atoms with Crippen LogP contribution in [0.1, 0.15) is 60.0 Å². The monoisotopic (exact) mass is 473 g/mol. The zero-order valence-corrected chi connectivity index (χ0v) is 20.4. The highest BCUT2D eigenvalue weighted by atomic mass is 32.2. The van der Waals surface area contributed by atoms with Gasteiger partial charge in [0.1, 0.15) is 4.83 Å². The summed E-state index contributed by atoms with van der Waals surface area (Å²) in [7, 11) is 0. The van der Waals surface area contributed by atoms with Crippen molar-refractivity contribution in [3.8, 4) is 0 Å². The molecule has 2 aliphatic rings. The first-order valence-electron chi connectivity index (χ1n) is 11.2. The average molecular weight is 474 g/mol. The molecule has 0 fully saturated rings. The van der Waals surface area contributed by atoms with Crippen molar-refractivity contribution in [3.05, 3.63) is 42.7 Å². The Bertz CT molecular complexity index is 1190. The van der Waals surface area contributed by atoms with Gasteiger partial charge < -0.3 is 4.90 Å². The van der Waals surface area contributed by atoms with E-state index in [1.807, 2.05) is 11.8 Å². The van der Waals surface area contributed by atoms with Crippen molar-refractivity contribution in [2.24, 2.45) is 0 Å². The lowest BCUT2D eigenvalue weighted by molar-refractivity contribution is -0.131. The van der Waals surface area contributed by atoms with Crippen LogP contribution in [0.25, 0.3) is 10.2 Å². The second-order valence-corrected chi connectivity index (χ2v) is 11.2. The smallest absolute Gasteiger partial charge is 0.263 e. The van der Waals surface area contributed by atoms with Crippen molar-refractivity contribution in [2.75, 3.05) is 12.3 Å². The fourth-order valence-electron chi connectivity index (χ4n) is 4.95. The van der Waals surface area contributed by atoms with Gasteiger partial charge in [-0.1, -0.05) is 18.7 Å². The minimum atomic E-state index is 0.0640. The maximum atomic E-state index is 13.3. The van der Waals surface area contributed by atoms with E-state index < -0.39 is 0 Å². The molecule has 1 unspecified atom stereocenters. The highest BCUT2D eigenvalue weighted by Crippen LogP contribution is 2.37. The Morgan fingerprint density at radius 1 is 1.23 bits per heavy atom. The number of thioether (sulfide) groups is 1. The summed E-state index contributed by atoms with van der Waals surface area (Å²) in [6.07, 6.45) is 6.24. The van der Waals surface area contributed by atoms with Gasteiger partial charge in [-0.2, -0.15) is 0 Å². The number of carbonyl (C=O) groups is 1. The third kappa shape index (κ3) is 3.66. The molecule has 31 heavy (non-hydrogen) atoms. The van der Waals surface area contributed by atoms with Crippen molar-refractivity contribution in [1.29, 1.82) is 0 Å². The van der Waals surface area contributed by atoms with Crippen LogP contribution in [0.3, 0.4) is 0 Å². The van der Waals surface area contributed by atoms with Gasteiger partial charge in [-0.3, -0.25) is 14.2 Å². The van der Waals surface area contributed by atoms with E-state index in [1.165, 1.54) is 39.1 Å². The molecule has 0 bridgehead atoms. The summed E-state index contributed by atoms with van der Waals surface area (Å²) in [5.41, 5.74) is 2.60. The normalized spacial score (nSPS) is 18.3. The number of aromatic nitrogens is 2. The predicted molar refractivity (Wildman–Crippen MR) is 130 cm³/mol. The van der Waals surface area contributed by atoms with E-state index in [-0.39, 0.29) is 17.5 Å². The van der Waals surface area contributed by atoms with Crippen LogP contribution < -0.4 is 5.56 Å². The Morgan fingerprint density at radius 3 is 2.87 bits per heavy atom. The van der Waals surface area contributed by atoms with Crippen LogP contribution in [-0.2, 0) is 30.6 Å². The zero-order chi connectivity index (χ0) is 21.5. The second kappa shape index (κ2) is 8.71. The van der Waals surface area contributed by atoms with Gasteiger partial charge in [-0.25, -0.2) is 4.98 Å². The first-order chi connectivity index (χ1) is 15.1. The van der Waals surface area contributed by atoms with Crippen LogP contribution >= 0.6 is 34.4 Å². The van der Waals surface area contributed by atoms with Crippen LogP contribution in [0.5, 0.6) is 0 Å². The van der Waals surface area contributed by atoms with Crippen molar-refractivity contribution in [2.45, 2.75) is 70.1 Å². The average Bonchev–Trinajstić information content (AvgIpc) is 3.41. The van der Waals surface area contributed by atoms with E-state index >= 15 is 0 Å². The molecule has 0 spiro atoms. The molecule has 0 radical (unpaired) electrons. The molecule has 0 saturated heterocycles. The Labute approximate surface area is 194 Å². The van der Waals surface area contributed by atoms with Gasteiger partial charge in [0, 0.05) is 22.8 Å². The first kappa shape index (κ1) is 21.2. The highest BCUT2D eigenvalue weighted by Gasteiger charge is 2.30. The molecule has 0 saturated carbocycles. The number of carbonyl (C=O) groups excluding carboxylic acids is 1. The van der Waals surface area contributed by atoms with Crippen LogP contribution in [0.15, 0.2) is 21.4 Å². The number of fused-ring (bicyclic) bond motifs is 4. The molecule has 1 aliphatic heterocycles. The number of aryl methyl sites for hydroxylation is 2. The molecule has 3 aromatic heterocycles. The fraction of sp³-hybridized carbons (Fsp3) is 0.522. The Balaban J connectivity index is 1.41. The number of hydrogen-bond acceptors (Lipinski definition) is 6. The number of rotatable bonds is 5. The maximum absolute atomic E-state index is 13.3. The number of amides is 1. The lowest BCUT2D eigenvalue weighted by Crippen LogP contribution is -2.40. The summed E-state index contributed by atoms with van der Waals surface area (Å²) in [6, 6.07) is 2.33. The van der Waals surface area contributed by atoms with E-state index in [1.54, 1.807) is 27.2 Å². The van der Waals surface area contributed by atoms with Crippen LogP contribution in [0.2, 0.25) is 0 Å². The number of nitrogens with zero attached hydrogens (tertiary/aromatic N) is 3. The summed E-state index contributed by atoms with van der Waals surface area (Å²) in [5.74, 6) is 0.454. The SMILES string of the molecule is CCC1c2ccsc2CCN1C(=O)CSc1nc2sc3c(c2c(=O)n1CC)CCCC3. The topological polar surface area (TPSA) is 55.2 Å². The van der Waals surface area contributed by atoms with Crippen molar-refractivity contribution >= 4 is 50.6 Å². The Morgan fingerprint density at radius 2 is 2.06 bits per heavy atom. The molecule has 5 rings (SSSR count). The number of hydrogen-bond donors (Lipinski definition) is 0. The highest BCUT2D eigenvalue weighted by molar-refractivity contribution is 7.99. The quantitative estimate of drug-likeness (QED) is 0.385. The van der Waals surface area contributed by atoms with E-state index in [4.69, 9.17) is 4.98 Å². The second-order valence-electron chi connectivity index (χ2n) is 8.18. The van der Waals surface area contributed by atoms with Gasteiger partial charge in [0.2, 0.25) is 5.91 Å². The Kier molecular flexibility index (Phi) is 5.96. The fourth-order valence-corrected chi connectivity index (χ4v) is 8.13. The zero-order valence-electron chi connectivity index (χ0n) is 18.0. The molecule has 8 heteroatoms. The third-order valence-corrected chi connectivity index (χ3v) is 9.63. The van der Waals surface area contributed by atoms with Gasteiger partial charge in [0.25, 0.3) is 5.56 Å². The van der Waals surface area contributed by atoms with Gasteiger partial charge in [0.15, 0.2) is 5.16 Å². The molecule has 1 aliphatic carbocycles. The maximum Gasteiger partial charge on any atom is 0.263 e. The molecular formula is C23H27N3O2S3. The Hall–Kier alpha value is -1.64. The molecule has 1 amide bonds. The standard InChI is InChI=1S/C23H27N3O2S3/c1-3-16-14-10-12-29-17(14)9-11-26(16)19(27)13-30-23-24-21-20(22(28)25(23)4-2)15-7-5-6-8-18(15)31-21/h10,12,16H,3-9,11,13H2,1-2H3. The summed E-state index contributed by atoms with van der Waals surface area (Å²) in [6.45, 7) is 5.47.